The van der Waals surface area contributed by atoms with E-state index < -0.39 is 0 Å². The maximum atomic E-state index is 12.0. The molecule has 1 aromatic heterocycles. The summed E-state index contributed by atoms with van der Waals surface area (Å²) in [4.78, 5) is 29.8. The third-order valence-corrected chi connectivity index (χ3v) is 4.30. The van der Waals surface area contributed by atoms with Crippen LogP contribution in [0, 0.1) is 5.92 Å². The summed E-state index contributed by atoms with van der Waals surface area (Å²) in [5.41, 5.74) is 1.42. The van der Waals surface area contributed by atoms with E-state index in [0.717, 1.165) is 12.1 Å². The number of nitrogens with zero attached hydrogens (tertiary/aromatic N) is 2. The summed E-state index contributed by atoms with van der Waals surface area (Å²) in [6, 6.07) is 9.37. The van der Waals surface area contributed by atoms with Gasteiger partial charge in [0.2, 0.25) is 11.8 Å². The average Bonchev–Trinajstić information content (AvgIpc) is 3.02. The fraction of sp³-hybridized carbons (Fsp3) is 0.316. The van der Waals surface area contributed by atoms with Gasteiger partial charge in [-0.3, -0.25) is 14.5 Å². The first-order valence-corrected chi connectivity index (χ1v) is 9.12. The van der Waals surface area contributed by atoms with Gasteiger partial charge in [0.05, 0.1) is 11.4 Å². The van der Waals surface area contributed by atoms with Crippen LogP contribution in [0.15, 0.2) is 41.8 Å². The first-order valence-electron chi connectivity index (χ1n) is 8.24. The molecule has 25 heavy (non-hydrogen) atoms. The van der Waals surface area contributed by atoms with Crippen molar-refractivity contribution >= 4 is 40.0 Å². The lowest BCUT2D eigenvalue weighted by Gasteiger charge is -2.17. The van der Waals surface area contributed by atoms with Crippen LogP contribution in [0.25, 0.3) is 6.08 Å². The number of thiazole rings is 1. The number of hydrogen-bond acceptors (Lipinski definition) is 4. The molecule has 0 fully saturated rings. The second kappa shape index (κ2) is 9.13. The Balaban J connectivity index is 2.04. The molecule has 0 aliphatic carbocycles. The Morgan fingerprint density at radius 1 is 1.28 bits per heavy atom. The lowest BCUT2D eigenvalue weighted by molar-refractivity contribution is -0.117. The number of carbonyl (C=O) groups is 2. The molecule has 0 aliphatic heterocycles. The number of amides is 2. The van der Waals surface area contributed by atoms with Crippen molar-refractivity contribution in [2.24, 2.45) is 5.92 Å². The van der Waals surface area contributed by atoms with Gasteiger partial charge in [-0.2, -0.15) is 0 Å². The molecule has 5 nitrogen and oxygen atoms in total. The van der Waals surface area contributed by atoms with Crippen LogP contribution in [0.2, 0.25) is 0 Å². The highest BCUT2D eigenvalue weighted by Gasteiger charge is 2.17. The van der Waals surface area contributed by atoms with E-state index in [1.54, 1.807) is 11.0 Å². The number of para-hydroxylation sites is 1. The normalized spacial score (nSPS) is 11.0. The first kappa shape index (κ1) is 18.9. The molecule has 2 aromatic rings. The van der Waals surface area contributed by atoms with Crippen LogP contribution < -0.4 is 10.2 Å². The molecule has 0 spiro atoms. The van der Waals surface area contributed by atoms with Crippen LogP contribution >= 0.6 is 11.3 Å². The van der Waals surface area contributed by atoms with E-state index in [9.17, 15) is 9.59 Å². The number of rotatable bonds is 7. The Morgan fingerprint density at radius 3 is 2.64 bits per heavy atom. The molecule has 132 valence electrons. The van der Waals surface area contributed by atoms with E-state index in [1.807, 2.05) is 35.7 Å². The van der Waals surface area contributed by atoms with Gasteiger partial charge in [0.15, 0.2) is 5.13 Å². The minimum Gasteiger partial charge on any atom is -0.353 e. The largest absolute Gasteiger partial charge is 0.353 e. The van der Waals surface area contributed by atoms with Crippen molar-refractivity contribution in [1.29, 1.82) is 0 Å². The van der Waals surface area contributed by atoms with Gasteiger partial charge in [-0.1, -0.05) is 32.0 Å². The van der Waals surface area contributed by atoms with Crippen LogP contribution in [0.5, 0.6) is 0 Å². The highest BCUT2D eigenvalue weighted by atomic mass is 32.1. The van der Waals surface area contributed by atoms with Gasteiger partial charge in [-0.15, -0.1) is 11.3 Å². The molecule has 0 radical (unpaired) electrons. The molecule has 1 heterocycles. The van der Waals surface area contributed by atoms with E-state index >= 15 is 0 Å². The topological polar surface area (TPSA) is 62.3 Å². The SMILES string of the molecule is CC(=O)N(c1ccccc1)c1nc(/C=C/C(=O)NCCC(C)C)cs1. The zero-order valence-electron chi connectivity index (χ0n) is 14.7. The molecule has 1 aromatic carbocycles. The Hall–Kier alpha value is -2.47. The van der Waals surface area contributed by atoms with Crippen molar-refractivity contribution in [1.82, 2.24) is 10.3 Å². The van der Waals surface area contributed by atoms with Crippen molar-refractivity contribution in [2.75, 3.05) is 11.4 Å². The monoisotopic (exact) mass is 357 g/mol. The minimum atomic E-state index is -0.137. The van der Waals surface area contributed by atoms with Gasteiger partial charge < -0.3 is 5.32 Å². The van der Waals surface area contributed by atoms with Gasteiger partial charge in [0.1, 0.15) is 0 Å². The molecule has 0 saturated carbocycles. The number of aromatic nitrogens is 1. The number of hydrogen-bond donors (Lipinski definition) is 1. The number of benzene rings is 1. The number of carbonyl (C=O) groups excluding carboxylic acids is 2. The maximum absolute atomic E-state index is 12.0. The van der Waals surface area contributed by atoms with E-state index in [1.165, 1.54) is 24.3 Å². The van der Waals surface area contributed by atoms with Crippen LogP contribution in [0.4, 0.5) is 10.8 Å². The first-order chi connectivity index (χ1) is 12.0. The van der Waals surface area contributed by atoms with E-state index in [-0.39, 0.29) is 11.8 Å². The molecular formula is C19H23N3O2S. The lowest BCUT2D eigenvalue weighted by atomic mass is 10.1. The molecular weight excluding hydrogens is 334 g/mol. The molecule has 2 rings (SSSR count). The van der Waals surface area contributed by atoms with Crippen molar-refractivity contribution in [2.45, 2.75) is 27.2 Å². The van der Waals surface area contributed by atoms with Crippen molar-refractivity contribution in [3.05, 3.63) is 47.5 Å². The molecule has 0 atom stereocenters. The van der Waals surface area contributed by atoms with Crippen molar-refractivity contribution in [3.63, 3.8) is 0 Å². The predicted molar refractivity (Wildman–Crippen MR) is 103 cm³/mol. The molecule has 0 aliphatic rings. The quantitative estimate of drug-likeness (QED) is 0.762. The smallest absolute Gasteiger partial charge is 0.244 e. The van der Waals surface area contributed by atoms with Crippen LogP contribution in [-0.2, 0) is 9.59 Å². The maximum Gasteiger partial charge on any atom is 0.244 e. The summed E-state index contributed by atoms with van der Waals surface area (Å²) in [6.07, 6.45) is 4.08. The summed E-state index contributed by atoms with van der Waals surface area (Å²) in [5, 5.41) is 5.25. The Labute approximate surface area is 152 Å². The Kier molecular flexibility index (Phi) is 6.89. The Morgan fingerprint density at radius 2 is 2.00 bits per heavy atom. The molecule has 0 saturated heterocycles. The summed E-state index contributed by atoms with van der Waals surface area (Å²) in [6.45, 7) is 6.40. The highest BCUT2D eigenvalue weighted by Crippen LogP contribution is 2.28. The zero-order chi connectivity index (χ0) is 18.2. The second-order valence-electron chi connectivity index (χ2n) is 6.05. The van der Waals surface area contributed by atoms with E-state index in [4.69, 9.17) is 0 Å². The Bertz CT molecular complexity index is 738. The standard InChI is InChI=1S/C19H23N3O2S/c1-14(2)11-12-20-18(24)10-9-16-13-25-19(21-16)22(15(3)23)17-7-5-4-6-8-17/h4-10,13-14H,11-12H2,1-3H3,(H,20,24)/b10-9+. The van der Waals surface area contributed by atoms with Crippen molar-refractivity contribution in [3.8, 4) is 0 Å². The summed E-state index contributed by atoms with van der Waals surface area (Å²) in [5.74, 6) is 0.310. The van der Waals surface area contributed by atoms with E-state index in [0.29, 0.717) is 23.3 Å². The minimum absolute atomic E-state index is 0.109. The van der Waals surface area contributed by atoms with Crippen LogP contribution in [0.3, 0.4) is 0 Å². The predicted octanol–water partition coefficient (Wildman–Crippen LogP) is 4.00. The molecule has 0 unspecified atom stereocenters. The molecule has 0 bridgehead atoms. The molecule has 1 N–H and O–H groups in total. The lowest BCUT2D eigenvalue weighted by Crippen LogP contribution is -2.23. The fourth-order valence-corrected chi connectivity index (χ4v) is 3.02. The third kappa shape index (κ3) is 5.83. The highest BCUT2D eigenvalue weighted by molar-refractivity contribution is 7.14. The van der Waals surface area contributed by atoms with Gasteiger partial charge >= 0.3 is 0 Å². The van der Waals surface area contributed by atoms with Crippen molar-refractivity contribution < 1.29 is 9.59 Å². The summed E-state index contributed by atoms with van der Waals surface area (Å²) < 4.78 is 0. The van der Waals surface area contributed by atoms with Gasteiger partial charge in [0, 0.05) is 24.9 Å². The van der Waals surface area contributed by atoms with E-state index in [2.05, 4.69) is 24.1 Å². The number of nitrogens with one attached hydrogen (secondary N) is 1. The van der Waals surface area contributed by atoms with Gasteiger partial charge in [-0.25, -0.2) is 4.98 Å². The van der Waals surface area contributed by atoms with Crippen LogP contribution in [-0.4, -0.2) is 23.3 Å². The van der Waals surface area contributed by atoms with Gasteiger partial charge in [0.25, 0.3) is 0 Å². The van der Waals surface area contributed by atoms with Gasteiger partial charge in [-0.05, 0) is 30.5 Å². The molecule has 6 heteroatoms. The fourth-order valence-electron chi connectivity index (χ4n) is 2.16. The summed E-state index contributed by atoms with van der Waals surface area (Å²) >= 11 is 1.37. The van der Waals surface area contributed by atoms with Crippen LogP contribution in [0.1, 0.15) is 32.9 Å². The number of anilines is 2. The summed E-state index contributed by atoms with van der Waals surface area (Å²) in [7, 11) is 0. The zero-order valence-corrected chi connectivity index (χ0v) is 15.5. The second-order valence-corrected chi connectivity index (χ2v) is 6.89. The molecule has 2 amide bonds. The third-order valence-electron chi connectivity index (χ3n) is 3.46. The average molecular weight is 357 g/mol.